The van der Waals surface area contributed by atoms with E-state index in [2.05, 4.69) is 39.5 Å². The third-order valence-electron chi connectivity index (χ3n) is 7.97. The molecule has 1 saturated carbocycles. The Morgan fingerprint density at radius 1 is 0.949 bits per heavy atom. The minimum absolute atomic E-state index is 0.0319. The second-order valence-corrected chi connectivity index (χ2v) is 10.5. The fourth-order valence-electron chi connectivity index (χ4n) is 5.80. The monoisotopic (exact) mass is 517 g/mol. The van der Waals surface area contributed by atoms with Crippen molar-refractivity contribution in [3.63, 3.8) is 0 Å². The number of aromatic carboxylic acids is 1. The SMILES string of the molecule is O=C(O)c1cccc(-c2ccc(CNC(=O)[C@@H]3C[C@@H]3c3ccccc3)c3c2CCN(Cc2ccncc2)C3)c1. The van der Waals surface area contributed by atoms with Gasteiger partial charge in [-0.1, -0.05) is 54.6 Å². The maximum absolute atomic E-state index is 13.0. The predicted molar refractivity (Wildman–Crippen MR) is 150 cm³/mol. The van der Waals surface area contributed by atoms with Gasteiger partial charge in [-0.05, 0) is 82.0 Å². The van der Waals surface area contributed by atoms with Gasteiger partial charge in [-0.25, -0.2) is 4.79 Å². The summed E-state index contributed by atoms with van der Waals surface area (Å²) in [6, 6.07) is 25.7. The molecule has 2 heterocycles. The van der Waals surface area contributed by atoms with Gasteiger partial charge in [0.1, 0.15) is 0 Å². The Bertz CT molecular complexity index is 1500. The number of rotatable bonds is 8. The number of hydrogen-bond acceptors (Lipinski definition) is 4. The molecule has 6 nitrogen and oxygen atoms in total. The molecule has 6 heteroatoms. The van der Waals surface area contributed by atoms with Gasteiger partial charge in [0.15, 0.2) is 0 Å². The predicted octanol–water partition coefficient (Wildman–Crippen LogP) is 5.43. The number of amides is 1. The summed E-state index contributed by atoms with van der Waals surface area (Å²) in [5, 5.41) is 12.7. The average Bonchev–Trinajstić information content (AvgIpc) is 3.78. The number of nitrogens with one attached hydrogen (secondary N) is 1. The van der Waals surface area contributed by atoms with Crippen molar-refractivity contribution >= 4 is 11.9 Å². The van der Waals surface area contributed by atoms with E-state index in [1.54, 1.807) is 18.2 Å². The lowest BCUT2D eigenvalue weighted by atomic mass is 9.87. The number of carbonyl (C=O) groups is 2. The van der Waals surface area contributed by atoms with Crippen LogP contribution in [0.15, 0.2) is 91.3 Å². The van der Waals surface area contributed by atoms with E-state index in [0.29, 0.717) is 12.5 Å². The van der Waals surface area contributed by atoms with Crippen molar-refractivity contribution in [2.24, 2.45) is 5.92 Å². The molecular weight excluding hydrogens is 486 g/mol. The van der Waals surface area contributed by atoms with Crippen LogP contribution in [0.3, 0.4) is 0 Å². The van der Waals surface area contributed by atoms with Crippen LogP contribution in [0.5, 0.6) is 0 Å². The zero-order chi connectivity index (χ0) is 26.8. The maximum Gasteiger partial charge on any atom is 0.335 e. The third-order valence-corrected chi connectivity index (χ3v) is 7.97. The van der Waals surface area contributed by atoms with Gasteiger partial charge >= 0.3 is 5.97 Å². The fraction of sp³-hybridized carbons (Fsp3) is 0.242. The molecule has 0 bridgehead atoms. The Hall–Kier alpha value is -4.29. The van der Waals surface area contributed by atoms with E-state index in [0.717, 1.165) is 49.2 Å². The van der Waals surface area contributed by atoms with Crippen LogP contribution >= 0.6 is 0 Å². The summed E-state index contributed by atoms with van der Waals surface area (Å²) in [6.07, 6.45) is 5.39. The molecule has 0 radical (unpaired) electrons. The van der Waals surface area contributed by atoms with Crippen molar-refractivity contribution in [3.05, 3.63) is 125 Å². The molecule has 1 fully saturated rings. The van der Waals surface area contributed by atoms with Crippen molar-refractivity contribution in [2.45, 2.75) is 38.4 Å². The fourth-order valence-corrected chi connectivity index (χ4v) is 5.80. The molecule has 4 aromatic rings. The Morgan fingerprint density at radius 3 is 2.56 bits per heavy atom. The maximum atomic E-state index is 13.0. The second kappa shape index (κ2) is 10.8. The largest absolute Gasteiger partial charge is 0.478 e. The van der Waals surface area contributed by atoms with E-state index in [1.807, 2.05) is 48.8 Å². The van der Waals surface area contributed by atoms with Crippen molar-refractivity contribution in [3.8, 4) is 11.1 Å². The van der Waals surface area contributed by atoms with Crippen molar-refractivity contribution in [1.82, 2.24) is 15.2 Å². The first kappa shape index (κ1) is 25.0. The van der Waals surface area contributed by atoms with Crippen LogP contribution in [0, 0.1) is 5.92 Å². The molecule has 0 saturated heterocycles. The van der Waals surface area contributed by atoms with E-state index >= 15 is 0 Å². The molecule has 0 spiro atoms. The minimum Gasteiger partial charge on any atom is -0.478 e. The summed E-state index contributed by atoms with van der Waals surface area (Å²) in [5.74, 6) is -0.480. The standard InChI is InChI=1S/C33H31N3O3/c37-32(30-18-29(30)23-5-2-1-3-6-23)35-19-26-9-10-27(24-7-4-8-25(17-24)33(38)39)28-13-16-36(21-31(26)28)20-22-11-14-34-15-12-22/h1-12,14-15,17,29-30H,13,16,18-21H2,(H,35,37)(H,38,39)/t29-,30-/m1/s1. The minimum atomic E-state index is -0.928. The van der Waals surface area contributed by atoms with Crippen molar-refractivity contribution in [2.75, 3.05) is 6.54 Å². The average molecular weight is 518 g/mol. The normalized spacial score (nSPS) is 18.3. The van der Waals surface area contributed by atoms with E-state index < -0.39 is 5.97 Å². The first-order valence-electron chi connectivity index (χ1n) is 13.5. The molecule has 1 aromatic heterocycles. The Morgan fingerprint density at radius 2 is 1.77 bits per heavy atom. The van der Waals surface area contributed by atoms with Gasteiger partial charge < -0.3 is 10.4 Å². The number of carboxylic acid groups (broad SMARTS) is 1. The van der Waals surface area contributed by atoms with E-state index in [9.17, 15) is 14.7 Å². The lowest BCUT2D eigenvalue weighted by Gasteiger charge is -2.32. The van der Waals surface area contributed by atoms with Crippen LogP contribution in [0.4, 0.5) is 0 Å². The summed E-state index contributed by atoms with van der Waals surface area (Å²) in [7, 11) is 0. The molecule has 2 N–H and O–H groups in total. The molecule has 39 heavy (non-hydrogen) atoms. The lowest BCUT2D eigenvalue weighted by molar-refractivity contribution is -0.122. The van der Waals surface area contributed by atoms with Crippen LogP contribution in [0.2, 0.25) is 0 Å². The highest BCUT2D eigenvalue weighted by molar-refractivity contribution is 5.89. The number of aromatic nitrogens is 1. The topological polar surface area (TPSA) is 82.5 Å². The number of pyridine rings is 1. The van der Waals surface area contributed by atoms with Crippen LogP contribution in [-0.4, -0.2) is 33.4 Å². The number of hydrogen-bond donors (Lipinski definition) is 2. The second-order valence-electron chi connectivity index (χ2n) is 10.5. The number of carboxylic acids is 1. The van der Waals surface area contributed by atoms with Gasteiger partial charge in [0.2, 0.25) is 5.91 Å². The van der Waals surface area contributed by atoms with Crippen LogP contribution in [0.25, 0.3) is 11.1 Å². The highest BCUT2D eigenvalue weighted by Gasteiger charge is 2.43. The number of nitrogens with zero attached hydrogens (tertiary/aromatic N) is 2. The number of fused-ring (bicyclic) bond motifs is 1. The summed E-state index contributed by atoms with van der Waals surface area (Å²) < 4.78 is 0. The van der Waals surface area contributed by atoms with E-state index in [-0.39, 0.29) is 17.4 Å². The summed E-state index contributed by atoms with van der Waals surface area (Å²) >= 11 is 0. The summed E-state index contributed by atoms with van der Waals surface area (Å²) in [5.41, 5.74) is 8.29. The molecule has 2 atom stereocenters. The van der Waals surface area contributed by atoms with Crippen LogP contribution in [-0.2, 0) is 30.8 Å². The molecule has 3 aromatic carbocycles. The third kappa shape index (κ3) is 5.47. The zero-order valence-electron chi connectivity index (χ0n) is 21.7. The first-order valence-corrected chi connectivity index (χ1v) is 13.5. The van der Waals surface area contributed by atoms with Gasteiger partial charge in [0.25, 0.3) is 0 Å². The summed E-state index contributed by atoms with van der Waals surface area (Å²) in [4.78, 5) is 31.2. The Labute approximate surface area is 228 Å². The summed E-state index contributed by atoms with van der Waals surface area (Å²) in [6.45, 7) is 2.98. The lowest BCUT2D eigenvalue weighted by Crippen LogP contribution is -2.32. The van der Waals surface area contributed by atoms with Gasteiger partial charge in [0.05, 0.1) is 5.56 Å². The van der Waals surface area contributed by atoms with Crippen molar-refractivity contribution < 1.29 is 14.7 Å². The molecule has 1 amide bonds. The molecular formula is C33H31N3O3. The van der Waals surface area contributed by atoms with E-state index in [1.165, 1.54) is 22.3 Å². The van der Waals surface area contributed by atoms with Gasteiger partial charge in [-0.15, -0.1) is 0 Å². The first-order chi connectivity index (χ1) is 19.1. The van der Waals surface area contributed by atoms with Crippen molar-refractivity contribution in [1.29, 1.82) is 0 Å². The molecule has 6 rings (SSSR count). The highest BCUT2D eigenvalue weighted by Crippen LogP contribution is 2.47. The zero-order valence-corrected chi connectivity index (χ0v) is 21.7. The Balaban J connectivity index is 1.25. The smallest absolute Gasteiger partial charge is 0.335 e. The molecule has 0 unspecified atom stereocenters. The molecule has 1 aliphatic carbocycles. The Kier molecular flexibility index (Phi) is 6.95. The molecule has 2 aliphatic rings. The van der Waals surface area contributed by atoms with E-state index in [4.69, 9.17) is 0 Å². The number of carbonyl (C=O) groups excluding carboxylic acids is 1. The molecule has 1 aliphatic heterocycles. The highest BCUT2D eigenvalue weighted by atomic mass is 16.4. The van der Waals surface area contributed by atoms with Gasteiger partial charge in [-0.2, -0.15) is 0 Å². The molecule has 196 valence electrons. The quantitative estimate of drug-likeness (QED) is 0.326. The van der Waals surface area contributed by atoms with Gasteiger partial charge in [0, 0.05) is 44.5 Å². The van der Waals surface area contributed by atoms with Crippen LogP contribution in [0.1, 0.15) is 50.5 Å². The van der Waals surface area contributed by atoms with Gasteiger partial charge in [-0.3, -0.25) is 14.7 Å². The number of benzene rings is 3. The van der Waals surface area contributed by atoms with Crippen LogP contribution < -0.4 is 5.32 Å².